The minimum absolute atomic E-state index is 0.00926. The average Bonchev–Trinajstić information content (AvgIpc) is 2.27. The molecule has 0 radical (unpaired) electrons. The highest BCUT2D eigenvalue weighted by Gasteiger charge is 2.44. The molecule has 0 spiro atoms. The van der Waals surface area contributed by atoms with E-state index < -0.39 is 0 Å². The molecule has 0 bridgehead atoms. The summed E-state index contributed by atoms with van der Waals surface area (Å²) in [6.45, 7) is 6.08. The summed E-state index contributed by atoms with van der Waals surface area (Å²) in [6.07, 6.45) is 2.85. The lowest BCUT2D eigenvalue weighted by molar-refractivity contribution is -0.148. The summed E-state index contributed by atoms with van der Waals surface area (Å²) in [5.41, 5.74) is -0.153. The van der Waals surface area contributed by atoms with Crippen LogP contribution in [0.4, 0.5) is 0 Å². The SMILES string of the molecule is CCC1(CC)CC(C)OC1=O. The number of rotatable bonds is 2. The van der Waals surface area contributed by atoms with Crippen LogP contribution in [0.25, 0.3) is 0 Å². The second kappa shape index (κ2) is 2.84. The predicted octanol–water partition coefficient (Wildman–Crippen LogP) is 2.13. The molecule has 2 heteroatoms. The van der Waals surface area contributed by atoms with Crippen molar-refractivity contribution in [1.82, 2.24) is 0 Å². The van der Waals surface area contributed by atoms with Crippen LogP contribution >= 0.6 is 0 Å². The normalized spacial score (nSPS) is 28.6. The maximum Gasteiger partial charge on any atom is 0.312 e. The molecule has 2 nitrogen and oxygen atoms in total. The van der Waals surface area contributed by atoms with E-state index in [-0.39, 0.29) is 17.5 Å². The summed E-state index contributed by atoms with van der Waals surface area (Å²) in [5.74, 6) is 0.00926. The summed E-state index contributed by atoms with van der Waals surface area (Å²) < 4.78 is 5.12. The summed E-state index contributed by atoms with van der Waals surface area (Å²) in [4.78, 5) is 11.3. The van der Waals surface area contributed by atoms with Gasteiger partial charge in [-0.2, -0.15) is 0 Å². The van der Waals surface area contributed by atoms with Crippen LogP contribution in [0.15, 0.2) is 0 Å². The van der Waals surface area contributed by atoms with Gasteiger partial charge in [-0.3, -0.25) is 4.79 Å². The van der Waals surface area contributed by atoms with Crippen molar-refractivity contribution in [2.24, 2.45) is 5.41 Å². The third-order valence-corrected chi connectivity index (χ3v) is 2.77. The minimum atomic E-state index is -0.153. The van der Waals surface area contributed by atoms with Crippen molar-refractivity contribution in [3.63, 3.8) is 0 Å². The monoisotopic (exact) mass is 156 g/mol. The topological polar surface area (TPSA) is 26.3 Å². The first-order valence-electron chi connectivity index (χ1n) is 4.35. The lowest BCUT2D eigenvalue weighted by atomic mass is 9.80. The summed E-state index contributed by atoms with van der Waals surface area (Å²) >= 11 is 0. The van der Waals surface area contributed by atoms with Crippen LogP contribution in [-0.2, 0) is 9.53 Å². The smallest absolute Gasteiger partial charge is 0.312 e. The van der Waals surface area contributed by atoms with Crippen molar-refractivity contribution in [2.45, 2.75) is 46.1 Å². The standard InChI is InChI=1S/C9H16O2/c1-4-9(5-2)6-7(3)11-8(9)10/h7H,4-6H2,1-3H3. The molecular formula is C9H16O2. The van der Waals surface area contributed by atoms with Gasteiger partial charge in [0.05, 0.1) is 5.41 Å². The van der Waals surface area contributed by atoms with Crippen LogP contribution in [0.1, 0.15) is 40.0 Å². The number of carbonyl (C=O) groups is 1. The molecule has 1 rings (SSSR count). The van der Waals surface area contributed by atoms with E-state index in [1.807, 2.05) is 6.92 Å². The summed E-state index contributed by atoms with van der Waals surface area (Å²) in [5, 5.41) is 0. The molecule has 1 saturated heterocycles. The van der Waals surface area contributed by atoms with Gasteiger partial charge in [0.15, 0.2) is 0 Å². The first-order valence-corrected chi connectivity index (χ1v) is 4.35. The zero-order valence-electron chi connectivity index (χ0n) is 7.52. The molecule has 0 N–H and O–H groups in total. The molecule has 0 saturated carbocycles. The van der Waals surface area contributed by atoms with Crippen LogP contribution in [0, 0.1) is 5.41 Å². The maximum atomic E-state index is 11.3. The van der Waals surface area contributed by atoms with Gasteiger partial charge in [-0.1, -0.05) is 13.8 Å². The van der Waals surface area contributed by atoms with Gasteiger partial charge in [0, 0.05) is 6.42 Å². The van der Waals surface area contributed by atoms with Crippen molar-refractivity contribution >= 4 is 5.97 Å². The van der Waals surface area contributed by atoms with Gasteiger partial charge in [-0.05, 0) is 19.8 Å². The molecule has 1 aliphatic rings. The van der Waals surface area contributed by atoms with Gasteiger partial charge in [0.1, 0.15) is 6.10 Å². The summed E-state index contributed by atoms with van der Waals surface area (Å²) in [7, 11) is 0. The molecule has 0 aromatic heterocycles. The van der Waals surface area contributed by atoms with E-state index in [1.165, 1.54) is 0 Å². The summed E-state index contributed by atoms with van der Waals surface area (Å²) in [6, 6.07) is 0. The Morgan fingerprint density at radius 1 is 1.55 bits per heavy atom. The van der Waals surface area contributed by atoms with E-state index in [4.69, 9.17) is 4.74 Å². The molecule has 1 fully saturated rings. The zero-order valence-corrected chi connectivity index (χ0v) is 7.52. The number of ether oxygens (including phenoxy) is 1. The number of hydrogen-bond donors (Lipinski definition) is 0. The fourth-order valence-electron chi connectivity index (χ4n) is 1.81. The predicted molar refractivity (Wildman–Crippen MR) is 43.2 cm³/mol. The molecule has 0 amide bonds. The first-order chi connectivity index (χ1) is 5.14. The largest absolute Gasteiger partial charge is 0.462 e. The van der Waals surface area contributed by atoms with Crippen molar-refractivity contribution in [1.29, 1.82) is 0 Å². The van der Waals surface area contributed by atoms with Crippen LogP contribution < -0.4 is 0 Å². The molecule has 1 atom stereocenters. The van der Waals surface area contributed by atoms with Gasteiger partial charge in [0.2, 0.25) is 0 Å². The molecule has 0 aromatic carbocycles. The van der Waals surface area contributed by atoms with Crippen LogP contribution in [-0.4, -0.2) is 12.1 Å². The molecule has 1 aliphatic heterocycles. The maximum absolute atomic E-state index is 11.3. The van der Waals surface area contributed by atoms with E-state index in [2.05, 4.69) is 13.8 Å². The minimum Gasteiger partial charge on any atom is -0.462 e. The van der Waals surface area contributed by atoms with Gasteiger partial charge < -0.3 is 4.74 Å². The molecule has 1 heterocycles. The van der Waals surface area contributed by atoms with Gasteiger partial charge in [0.25, 0.3) is 0 Å². The highest BCUT2D eigenvalue weighted by atomic mass is 16.6. The average molecular weight is 156 g/mol. The van der Waals surface area contributed by atoms with Crippen LogP contribution in [0.3, 0.4) is 0 Å². The molecule has 0 aromatic rings. The van der Waals surface area contributed by atoms with Gasteiger partial charge in [-0.25, -0.2) is 0 Å². The fourth-order valence-corrected chi connectivity index (χ4v) is 1.81. The third kappa shape index (κ3) is 1.26. The second-order valence-corrected chi connectivity index (χ2v) is 3.41. The van der Waals surface area contributed by atoms with Crippen LogP contribution in [0.2, 0.25) is 0 Å². The Labute approximate surface area is 67.9 Å². The van der Waals surface area contributed by atoms with Gasteiger partial charge in [-0.15, -0.1) is 0 Å². The Morgan fingerprint density at radius 3 is 2.27 bits per heavy atom. The highest BCUT2D eigenvalue weighted by Crippen LogP contribution is 2.39. The van der Waals surface area contributed by atoms with Crippen molar-refractivity contribution in [3.05, 3.63) is 0 Å². The van der Waals surface area contributed by atoms with E-state index in [1.54, 1.807) is 0 Å². The second-order valence-electron chi connectivity index (χ2n) is 3.41. The number of hydrogen-bond acceptors (Lipinski definition) is 2. The Balaban J connectivity index is 2.76. The van der Waals surface area contributed by atoms with E-state index in [9.17, 15) is 4.79 Å². The fraction of sp³-hybridized carbons (Fsp3) is 0.889. The van der Waals surface area contributed by atoms with Crippen molar-refractivity contribution in [2.75, 3.05) is 0 Å². The lowest BCUT2D eigenvalue weighted by Gasteiger charge is -2.19. The molecular weight excluding hydrogens is 140 g/mol. The molecule has 1 unspecified atom stereocenters. The van der Waals surface area contributed by atoms with Crippen LogP contribution in [0.5, 0.6) is 0 Å². The number of esters is 1. The number of cyclic esters (lactones) is 1. The van der Waals surface area contributed by atoms with Gasteiger partial charge >= 0.3 is 5.97 Å². The quantitative estimate of drug-likeness (QED) is 0.572. The Bertz CT molecular complexity index is 159. The van der Waals surface area contributed by atoms with Crippen molar-refractivity contribution < 1.29 is 9.53 Å². The Kier molecular flexibility index (Phi) is 2.21. The zero-order chi connectivity index (χ0) is 8.48. The molecule has 0 aliphatic carbocycles. The van der Waals surface area contributed by atoms with E-state index in [0.717, 1.165) is 19.3 Å². The highest BCUT2D eigenvalue weighted by molar-refractivity contribution is 5.78. The Hall–Kier alpha value is -0.530. The molecule has 64 valence electrons. The van der Waals surface area contributed by atoms with E-state index in [0.29, 0.717) is 0 Å². The van der Waals surface area contributed by atoms with Crippen molar-refractivity contribution in [3.8, 4) is 0 Å². The third-order valence-electron chi connectivity index (χ3n) is 2.77. The lowest BCUT2D eigenvalue weighted by Crippen LogP contribution is -2.24. The first kappa shape index (κ1) is 8.57. The molecule has 11 heavy (non-hydrogen) atoms. The van der Waals surface area contributed by atoms with E-state index >= 15 is 0 Å². The Morgan fingerprint density at radius 2 is 2.09 bits per heavy atom. The number of carbonyl (C=O) groups excluding carboxylic acids is 1.